The molecular formula is C9H19NOS. The van der Waals surface area contributed by atoms with Crippen LogP contribution in [-0.2, 0) is 0 Å². The predicted molar refractivity (Wildman–Crippen MR) is 55.7 cm³/mol. The highest BCUT2D eigenvalue weighted by molar-refractivity contribution is 8.14. The minimum absolute atomic E-state index is 0.0275. The van der Waals surface area contributed by atoms with Crippen LogP contribution in [0, 0.1) is 0 Å². The Bertz CT molecular complexity index is 147. The van der Waals surface area contributed by atoms with E-state index < -0.39 is 0 Å². The maximum absolute atomic E-state index is 11.5. The van der Waals surface area contributed by atoms with Gasteiger partial charge in [-0.1, -0.05) is 32.5 Å². The highest BCUT2D eigenvalue weighted by Gasteiger charge is 2.19. The van der Waals surface area contributed by atoms with E-state index in [0.717, 1.165) is 13.1 Å². The van der Waals surface area contributed by atoms with Crippen LogP contribution in [0.1, 0.15) is 34.6 Å². The summed E-state index contributed by atoms with van der Waals surface area (Å²) in [4.78, 5) is 13.4. The molecule has 0 saturated carbocycles. The lowest BCUT2D eigenvalue weighted by atomic mass is 10.3. The van der Waals surface area contributed by atoms with Gasteiger partial charge in [0.05, 0.1) is 0 Å². The second kappa shape index (κ2) is 4.75. The van der Waals surface area contributed by atoms with E-state index >= 15 is 0 Å². The van der Waals surface area contributed by atoms with Crippen molar-refractivity contribution in [3.05, 3.63) is 0 Å². The first-order valence-electron chi connectivity index (χ1n) is 4.38. The van der Waals surface area contributed by atoms with E-state index in [4.69, 9.17) is 0 Å². The molecular weight excluding hydrogens is 170 g/mol. The average Bonchev–Trinajstić information content (AvgIpc) is 1.85. The molecule has 0 aliphatic rings. The highest BCUT2D eigenvalue weighted by atomic mass is 32.2. The van der Waals surface area contributed by atoms with E-state index in [1.54, 1.807) is 0 Å². The van der Waals surface area contributed by atoms with Gasteiger partial charge in [0.25, 0.3) is 5.24 Å². The normalized spacial score (nSPS) is 11.4. The molecule has 0 radical (unpaired) electrons. The first kappa shape index (κ1) is 11.8. The zero-order valence-corrected chi connectivity index (χ0v) is 9.49. The van der Waals surface area contributed by atoms with E-state index in [-0.39, 0.29) is 9.99 Å². The lowest BCUT2D eigenvalue weighted by Crippen LogP contribution is -2.29. The Morgan fingerprint density at radius 3 is 1.92 bits per heavy atom. The van der Waals surface area contributed by atoms with Crippen LogP contribution in [0.2, 0.25) is 0 Å². The SMILES string of the molecule is CCN(CC)C(=O)SC(C)(C)C. The molecule has 12 heavy (non-hydrogen) atoms. The molecule has 1 amide bonds. The molecule has 0 rings (SSSR count). The van der Waals surface area contributed by atoms with Crippen molar-refractivity contribution >= 4 is 17.0 Å². The topological polar surface area (TPSA) is 20.3 Å². The zero-order valence-electron chi connectivity index (χ0n) is 8.68. The summed E-state index contributed by atoms with van der Waals surface area (Å²) in [5.41, 5.74) is 0. The van der Waals surface area contributed by atoms with Crippen LogP contribution < -0.4 is 0 Å². The summed E-state index contributed by atoms with van der Waals surface area (Å²) in [6.45, 7) is 11.8. The fraction of sp³-hybridized carbons (Fsp3) is 0.889. The van der Waals surface area contributed by atoms with Gasteiger partial charge in [0.2, 0.25) is 0 Å². The van der Waals surface area contributed by atoms with Crippen LogP contribution in [0.3, 0.4) is 0 Å². The van der Waals surface area contributed by atoms with Crippen molar-refractivity contribution in [3.63, 3.8) is 0 Å². The largest absolute Gasteiger partial charge is 0.334 e. The van der Waals surface area contributed by atoms with Gasteiger partial charge in [-0.15, -0.1) is 0 Å². The molecule has 0 spiro atoms. The summed E-state index contributed by atoms with van der Waals surface area (Å²) in [7, 11) is 0. The van der Waals surface area contributed by atoms with Gasteiger partial charge in [-0.25, -0.2) is 0 Å². The van der Waals surface area contributed by atoms with Crippen LogP contribution in [0.25, 0.3) is 0 Å². The molecule has 3 heteroatoms. The van der Waals surface area contributed by atoms with Gasteiger partial charge in [-0.2, -0.15) is 0 Å². The summed E-state index contributed by atoms with van der Waals surface area (Å²) in [6, 6.07) is 0. The van der Waals surface area contributed by atoms with Crippen LogP contribution in [0.15, 0.2) is 0 Å². The summed E-state index contributed by atoms with van der Waals surface area (Å²) in [5.74, 6) is 0. The van der Waals surface area contributed by atoms with Gasteiger partial charge in [-0.3, -0.25) is 4.79 Å². The van der Waals surface area contributed by atoms with Crippen LogP contribution in [0.4, 0.5) is 4.79 Å². The Hall–Kier alpha value is -0.180. The molecule has 0 aliphatic heterocycles. The van der Waals surface area contributed by atoms with Gasteiger partial charge < -0.3 is 4.90 Å². The third kappa shape index (κ3) is 4.65. The number of nitrogens with zero attached hydrogens (tertiary/aromatic N) is 1. The standard InChI is InChI=1S/C9H19NOS/c1-6-10(7-2)8(11)12-9(3,4)5/h6-7H2,1-5H3. The Morgan fingerprint density at radius 1 is 1.25 bits per heavy atom. The third-order valence-electron chi connectivity index (χ3n) is 1.42. The maximum Gasteiger partial charge on any atom is 0.282 e. The molecule has 0 saturated heterocycles. The second-order valence-corrected chi connectivity index (χ2v) is 5.43. The molecule has 0 aromatic carbocycles. The Morgan fingerprint density at radius 2 is 1.67 bits per heavy atom. The van der Waals surface area contributed by atoms with Crippen molar-refractivity contribution in [2.45, 2.75) is 39.4 Å². The molecule has 0 atom stereocenters. The lowest BCUT2D eigenvalue weighted by Gasteiger charge is -2.23. The number of thioether (sulfide) groups is 1. The monoisotopic (exact) mass is 189 g/mol. The number of carbonyl (C=O) groups excluding carboxylic acids is 1. The molecule has 0 aromatic heterocycles. The number of rotatable bonds is 2. The lowest BCUT2D eigenvalue weighted by molar-refractivity contribution is 0.228. The van der Waals surface area contributed by atoms with Crippen molar-refractivity contribution < 1.29 is 4.79 Å². The van der Waals surface area contributed by atoms with Gasteiger partial charge in [0.15, 0.2) is 0 Å². The molecule has 0 unspecified atom stereocenters. The molecule has 0 fully saturated rings. The van der Waals surface area contributed by atoms with Crippen molar-refractivity contribution in [1.29, 1.82) is 0 Å². The van der Waals surface area contributed by atoms with Crippen molar-refractivity contribution in [1.82, 2.24) is 4.90 Å². The number of hydrogen-bond acceptors (Lipinski definition) is 2. The first-order chi connectivity index (χ1) is 5.40. The van der Waals surface area contributed by atoms with Crippen LogP contribution >= 0.6 is 11.8 Å². The summed E-state index contributed by atoms with van der Waals surface area (Å²) in [5, 5.41) is 0.188. The quantitative estimate of drug-likeness (QED) is 0.665. The summed E-state index contributed by atoms with van der Waals surface area (Å²) >= 11 is 1.40. The number of hydrogen-bond donors (Lipinski definition) is 0. The smallest absolute Gasteiger partial charge is 0.282 e. The van der Waals surface area contributed by atoms with E-state index in [1.807, 2.05) is 18.7 Å². The molecule has 2 nitrogen and oxygen atoms in total. The van der Waals surface area contributed by atoms with E-state index in [9.17, 15) is 4.79 Å². The minimum atomic E-state index is 0.0275. The predicted octanol–water partition coefficient (Wildman–Crippen LogP) is 2.98. The Balaban J connectivity index is 4.02. The van der Waals surface area contributed by atoms with Crippen molar-refractivity contribution in [2.24, 2.45) is 0 Å². The molecule has 72 valence electrons. The molecule has 0 heterocycles. The van der Waals surface area contributed by atoms with Gasteiger partial charge in [0, 0.05) is 17.8 Å². The Kier molecular flexibility index (Phi) is 4.68. The van der Waals surface area contributed by atoms with Gasteiger partial charge >= 0.3 is 0 Å². The van der Waals surface area contributed by atoms with Crippen molar-refractivity contribution in [3.8, 4) is 0 Å². The fourth-order valence-electron chi connectivity index (χ4n) is 0.808. The van der Waals surface area contributed by atoms with Gasteiger partial charge in [-0.05, 0) is 13.8 Å². The van der Waals surface area contributed by atoms with E-state index in [0.29, 0.717) is 0 Å². The minimum Gasteiger partial charge on any atom is -0.334 e. The van der Waals surface area contributed by atoms with E-state index in [1.165, 1.54) is 11.8 Å². The number of carbonyl (C=O) groups is 1. The zero-order chi connectivity index (χ0) is 9.78. The highest BCUT2D eigenvalue weighted by Crippen LogP contribution is 2.25. The first-order valence-corrected chi connectivity index (χ1v) is 5.20. The molecule has 0 aromatic rings. The van der Waals surface area contributed by atoms with Crippen LogP contribution in [0.5, 0.6) is 0 Å². The summed E-state index contributed by atoms with van der Waals surface area (Å²) < 4.78 is 0.0275. The van der Waals surface area contributed by atoms with Crippen molar-refractivity contribution in [2.75, 3.05) is 13.1 Å². The Labute approximate surface area is 79.7 Å². The van der Waals surface area contributed by atoms with Gasteiger partial charge in [0.1, 0.15) is 0 Å². The van der Waals surface area contributed by atoms with E-state index in [2.05, 4.69) is 20.8 Å². The summed E-state index contributed by atoms with van der Waals surface area (Å²) in [6.07, 6.45) is 0. The number of amides is 1. The maximum atomic E-state index is 11.5. The molecule has 0 aliphatic carbocycles. The second-order valence-electron chi connectivity index (χ2n) is 3.65. The van der Waals surface area contributed by atoms with Crippen LogP contribution in [-0.4, -0.2) is 28.0 Å². The third-order valence-corrected chi connectivity index (χ3v) is 2.46. The average molecular weight is 189 g/mol. The molecule has 0 N–H and O–H groups in total. The fourth-order valence-corrected chi connectivity index (χ4v) is 1.72. The molecule has 0 bridgehead atoms.